The Kier molecular flexibility index (Phi) is 7.11. The molecular weight excluding hydrogens is 412 g/mol. The molecule has 2 heterocycles. The number of hydrogen-bond acceptors (Lipinski definition) is 6. The van der Waals surface area contributed by atoms with E-state index >= 15 is 0 Å². The first kappa shape index (κ1) is 22.1. The Bertz CT molecular complexity index is 1130. The Morgan fingerprint density at radius 3 is 2.77 bits per heavy atom. The fourth-order valence-corrected chi connectivity index (χ4v) is 4.04. The third-order valence-corrected chi connectivity index (χ3v) is 5.61. The van der Waals surface area contributed by atoms with Crippen molar-refractivity contribution >= 4 is 29.3 Å². The minimum absolute atomic E-state index is 0.109. The highest BCUT2D eigenvalue weighted by Crippen LogP contribution is 2.27. The van der Waals surface area contributed by atoms with Gasteiger partial charge in [-0.05, 0) is 44.2 Å². The SMILES string of the molecule is C#Cc1cccc(NC(=O)CN(C)C(=O)c2cccnc2SCc2c(C)noc2C)c1. The number of pyridine rings is 1. The van der Waals surface area contributed by atoms with Crippen LogP contribution >= 0.6 is 11.8 Å². The second-order valence-electron chi connectivity index (χ2n) is 6.88. The number of benzene rings is 1. The smallest absolute Gasteiger partial charge is 0.256 e. The molecule has 0 atom stereocenters. The van der Waals surface area contributed by atoms with Crippen molar-refractivity contribution < 1.29 is 14.1 Å². The first-order chi connectivity index (χ1) is 14.9. The zero-order valence-electron chi connectivity index (χ0n) is 17.5. The molecule has 158 valence electrons. The lowest BCUT2D eigenvalue weighted by atomic mass is 10.2. The molecule has 0 fully saturated rings. The molecule has 1 N–H and O–H groups in total. The molecule has 0 saturated heterocycles. The van der Waals surface area contributed by atoms with Gasteiger partial charge in [-0.2, -0.15) is 0 Å². The van der Waals surface area contributed by atoms with Gasteiger partial charge in [-0.25, -0.2) is 4.98 Å². The minimum atomic E-state index is -0.321. The van der Waals surface area contributed by atoms with Crippen molar-refractivity contribution in [3.63, 3.8) is 0 Å². The molecule has 1 aromatic carbocycles. The lowest BCUT2D eigenvalue weighted by Gasteiger charge is -2.18. The van der Waals surface area contributed by atoms with Crippen LogP contribution in [0.5, 0.6) is 0 Å². The number of aromatic nitrogens is 2. The van der Waals surface area contributed by atoms with Crippen molar-refractivity contribution in [1.82, 2.24) is 15.0 Å². The number of carbonyl (C=O) groups excluding carboxylic acids is 2. The molecule has 3 rings (SSSR count). The summed E-state index contributed by atoms with van der Waals surface area (Å²) in [6, 6.07) is 10.4. The van der Waals surface area contributed by atoms with Gasteiger partial charge in [0.05, 0.1) is 17.8 Å². The molecule has 0 aliphatic carbocycles. The van der Waals surface area contributed by atoms with Gasteiger partial charge in [0, 0.05) is 35.8 Å². The number of amides is 2. The van der Waals surface area contributed by atoms with Gasteiger partial charge in [0.1, 0.15) is 10.8 Å². The Hall–Kier alpha value is -3.57. The molecule has 0 aliphatic rings. The van der Waals surface area contributed by atoms with Crippen LogP contribution in [0, 0.1) is 26.2 Å². The number of nitrogens with zero attached hydrogens (tertiary/aromatic N) is 3. The summed E-state index contributed by atoms with van der Waals surface area (Å²) >= 11 is 1.43. The van der Waals surface area contributed by atoms with Crippen LogP contribution in [-0.4, -0.2) is 40.4 Å². The van der Waals surface area contributed by atoms with Gasteiger partial charge in [-0.15, -0.1) is 18.2 Å². The van der Waals surface area contributed by atoms with Crippen LogP contribution in [-0.2, 0) is 10.5 Å². The predicted molar refractivity (Wildman–Crippen MR) is 120 cm³/mol. The molecule has 31 heavy (non-hydrogen) atoms. The van der Waals surface area contributed by atoms with Gasteiger partial charge in [0.2, 0.25) is 5.91 Å². The molecule has 0 aliphatic heterocycles. The van der Waals surface area contributed by atoms with Crippen LogP contribution in [0.4, 0.5) is 5.69 Å². The van der Waals surface area contributed by atoms with Crippen molar-refractivity contribution in [2.45, 2.75) is 24.6 Å². The minimum Gasteiger partial charge on any atom is -0.361 e. The third kappa shape index (κ3) is 5.53. The van der Waals surface area contributed by atoms with Crippen LogP contribution in [0.3, 0.4) is 0 Å². The van der Waals surface area contributed by atoms with Crippen molar-refractivity contribution in [2.75, 3.05) is 18.9 Å². The molecule has 2 amide bonds. The maximum absolute atomic E-state index is 13.0. The average Bonchev–Trinajstić information content (AvgIpc) is 3.09. The van der Waals surface area contributed by atoms with Gasteiger partial charge in [-0.1, -0.05) is 17.1 Å². The zero-order chi connectivity index (χ0) is 22.4. The van der Waals surface area contributed by atoms with E-state index in [-0.39, 0.29) is 18.4 Å². The van der Waals surface area contributed by atoms with E-state index in [0.29, 0.717) is 27.6 Å². The number of rotatable bonds is 7. The summed E-state index contributed by atoms with van der Waals surface area (Å²) in [4.78, 5) is 31.1. The largest absolute Gasteiger partial charge is 0.361 e. The highest BCUT2D eigenvalue weighted by molar-refractivity contribution is 7.98. The topological polar surface area (TPSA) is 88.3 Å². The van der Waals surface area contributed by atoms with Crippen LogP contribution < -0.4 is 5.32 Å². The number of aryl methyl sites for hydroxylation is 2. The Labute approximate surface area is 185 Å². The fourth-order valence-electron chi connectivity index (χ4n) is 2.90. The lowest BCUT2D eigenvalue weighted by molar-refractivity contribution is -0.116. The Morgan fingerprint density at radius 1 is 1.26 bits per heavy atom. The Balaban J connectivity index is 1.66. The van der Waals surface area contributed by atoms with Crippen LogP contribution in [0.2, 0.25) is 0 Å². The van der Waals surface area contributed by atoms with Gasteiger partial charge in [0.25, 0.3) is 5.91 Å². The molecule has 8 heteroatoms. The molecule has 7 nitrogen and oxygen atoms in total. The molecule has 0 unspecified atom stereocenters. The number of nitrogens with one attached hydrogen (secondary N) is 1. The standard InChI is InChI=1S/C23H22N4O3S/c1-5-17-8-6-9-18(12-17)25-21(28)13-27(4)23(29)19-10-7-11-24-22(19)31-14-20-15(2)26-30-16(20)3/h1,6-12H,13-14H2,2-4H3,(H,25,28). The maximum Gasteiger partial charge on any atom is 0.256 e. The summed E-state index contributed by atoms with van der Waals surface area (Å²) in [7, 11) is 1.58. The third-order valence-electron chi connectivity index (χ3n) is 4.58. The van der Waals surface area contributed by atoms with E-state index in [0.717, 1.165) is 17.0 Å². The molecule has 0 spiro atoms. The maximum atomic E-state index is 13.0. The molecule has 0 saturated carbocycles. The van der Waals surface area contributed by atoms with Crippen LogP contribution in [0.15, 0.2) is 52.1 Å². The average molecular weight is 435 g/mol. The second kappa shape index (κ2) is 9.96. The number of hydrogen-bond donors (Lipinski definition) is 1. The normalized spacial score (nSPS) is 10.4. The van der Waals surface area contributed by atoms with Gasteiger partial charge in [0.15, 0.2) is 0 Å². The number of terminal acetylenes is 1. The fraction of sp³-hybridized carbons (Fsp3) is 0.217. The highest BCUT2D eigenvalue weighted by atomic mass is 32.2. The summed E-state index contributed by atoms with van der Waals surface area (Å²) in [5, 5.41) is 7.30. The van der Waals surface area contributed by atoms with Crippen molar-refractivity contribution in [2.24, 2.45) is 0 Å². The van der Waals surface area contributed by atoms with E-state index in [9.17, 15) is 9.59 Å². The highest BCUT2D eigenvalue weighted by Gasteiger charge is 2.20. The van der Waals surface area contributed by atoms with E-state index in [1.807, 2.05) is 13.8 Å². The summed E-state index contributed by atoms with van der Waals surface area (Å²) < 4.78 is 5.19. The zero-order valence-corrected chi connectivity index (χ0v) is 18.3. The quantitative estimate of drug-likeness (QED) is 0.451. The van der Waals surface area contributed by atoms with Crippen LogP contribution in [0.25, 0.3) is 0 Å². The van der Waals surface area contributed by atoms with Gasteiger partial charge >= 0.3 is 0 Å². The molecule has 2 aromatic heterocycles. The van der Waals surface area contributed by atoms with E-state index < -0.39 is 0 Å². The first-order valence-electron chi connectivity index (χ1n) is 9.50. The van der Waals surface area contributed by atoms with Crippen molar-refractivity contribution in [3.05, 3.63) is 70.7 Å². The molecule has 0 radical (unpaired) electrons. The molecule has 0 bridgehead atoms. The summed E-state index contributed by atoms with van der Waals surface area (Å²) in [5.41, 5.74) is 3.48. The van der Waals surface area contributed by atoms with E-state index in [4.69, 9.17) is 10.9 Å². The number of anilines is 1. The lowest BCUT2D eigenvalue weighted by Crippen LogP contribution is -2.35. The van der Waals surface area contributed by atoms with Crippen LogP contribution in [0.1, 0.15) is 32.9 Å². The number of carbonyl (C=O) groups is 2. The van der Waals surface area contributed by atoms with Gasteiger partial charge < -0.3 is 14.7 Å². The van der Waals surface area contributed by atoms with E-state index in [1.54, 1.807) is 49.6 Å². The Morgan fingerprint density at radius 2 is 2.06 bits per heavy atom. The van der Waals surface area contributed by atoms with E-state index in [2.05, 4.69) is 21.4 Å². The number of likely N-dealkylation sites (N-methyl/N-ethyl adjacent to an activating group) is 1. The molecular formula is C23H22N4O3S. The van der Waals surface area contributed by atoms with E-state index in [1.165, 1.54) is 16.7 Å². The predicted octanol–water partition coefficient (Wildman–Crippen LogP) is 3.67. The van der Waals surface area contributed by atoms with Crippen molar-refractivity contribution in [1.29, 1.82) is 0 Å². The number of thioether (sulfide) groups is 1. The monoisotopic (exact) mass is 434 g/mol. The molecule has 3 aromatic rings. The van der Waals surface area contributed by atoms with Gasteiger partial charge in [-0.3, -0.25) is 9.59 Å². The second-order valence-corrected chi connectivity index (χ2v) is 7.85. The summed E-state index contributed by atoms with van der Waals surface area (Å²) in [6.07, 6.45) is 7.02. The van der Waals surface area contributed by atoms with Crippen molar-refractivity contribution in [3.8, 4) is 12.3 Å². The first-order valence-corrected chi connectivity index (χ1v) is 10.5. The summed E-state index contributed by atoms with van der Waals surface area (Å²) in [6.45, 7) is 3.62. The summed E-state index contributed by atoms with van der Waals surface area (Å²) in [5.74, 6) is 3.24.